The summed E-state index contributed by atoms with van der Waals surface area (Å²) >= 11 is 0. The zero-order chi connectivity index (χ0) is 11.0. The maximum Gasteiger partial charge on any atom is 0.271 e. The number of rotatable bonds is 3. The minimum absolute atomic E-state index is 0.0572. The van der Waals surface area contributed by atoms with Crippen LogP contribution in [0, 0.1) is 0 Å². The second-order valence-electron chi connectivity index (χ2n) is 3.66. The summed E-state index contributed by atoms with van der Waals surface area (Å²) in [5.74, 6) is -0.361. The minimum atomic E-state index is -3.71. The molecule has 1 aliphatic rings. The van der Waals surface area contributed by atoms with Crippen LogP contribution in [0.4, 0.5) is 0 Å². The molecule has 0 bridgehead atoms. The Morgan fingerprint density at radius 2 is 1.93 bits per heavy atom. The minimum Gasteiger partial charge on any atom is -0.267 e. The molecule has 1 saturated heterocycles. The van der Waals surface area contributed by atoms with E-state index in [1.807, 2.05) is 0 Å². The predicted molar refractivity (Wildman–Crippen MR) is 52.2 cm³/mol. The summed E-state index contributed by atoms with van der Waals surface area (Å²) in [5, 5.41) is -0.880. The van der Waals surface area contributed by atoms with Gasteiger partial charge in [0, 0.05) is 0 Å². The van der Waals surface area contributed by atoms with Gasteiger partial charge < -0.3 is 0 Å². The number of hydrogen-bond acceptors (Lipinski definition) is 5. The summed E-state index contributed by atoms with van der Waals surface area (Å²) in [6.07, 6.45) is -0.291. The summed E-state index contributed by atoms with van der Waals surface area (Å²) < 4.78 is 49.7. The van der Waals surface area contributed by atoms with Gasteiger partial charge >= 0.3 is 0 Å². The molecule has 0 aliphatic carbocycles. The Bertz CT molecular complexity index is 392. The highest BCUT2D eigenvalue weighted by molar-refractivity contribution is 7.94. The van der Waals surface area contributed by atoms with Crippen molar-refractivity contribution in [1.29, 1.82) is 0 Å². The zero-order valence-electron chi connectivity index (χ0n) is 8.13. The highest BCUT2D eigenvalue weighted by atomic mass is 32.2. The molecular weight excluding hydrogens is 228 g/mol. The van der Waals surface area contributed by atoms with Crippen molar-refractivity contribution in [1.82, 2.24) is 0 Å². The Balaban J connectivity index is 2.77. The molecule has 1 rings (SSSR count). The molecule has 14 heavy (non-hydrogen) atoms. The van der Waals surface area contributed by atoms with Crippen molar-refractivity contribution >= 4 is 20.0 Å². The van der Waals surface area contributed by atoms with E-state index in [9.17, 15) is 16.8 Å². The van der Waals surface area contributed by atoms with Gasteiger partial charge in [-0.05, 0) is 20.3 Å². The normalized spacial score (nSPS) is 26.9. The van der Waals surface area contributed by atoms with Gasteiger partial charge in [0.2, 0.25) is 0 Å². The summed E-state index contributed by atoms with van der Waals surface area (Å²) in [5.41, 5.74) is 0. The van der Waals surface area contributed by atoms with Crippen LogP contribution >= 0.6 is 0 Å². The van der Waals surface area contributed by atoms with E-state index < -0.39 is 31.3 Å². The fraction of sp³-hybridized carbons (Fsp3) is 1.00. The quantitative estimate of drug-likeness (QED) is 0.647. The maximum absolute atomic E-state index is 11.4. The Kier molecular flexibility index (Phi) is 3.23. The fourth-order valence-corrected chi connectivity index (χ4v) is 5.42. The van der Waals surface area contributed by atoms with E-state index in [0.717, 1.165) is 0 Å². The molecule has 0 spiro atoms. The van der Waals surface area contributed by atoms with Gasteiger partial charge in [-0.15, -0.1) is 0 Å². The van der Waals surface area contributed by atoms with Crippen molar-refractivity contribution in [3.63, 3.8) is 0 Å². The lowest BCUT2D eigenvalue weighted by Crippen LogP contribution is -2.27. The first-order chi connectivity index (χ1) is 6.23. The molecule has 5 nitrogen and oxygen atoms in total. The number of hydrogen-bond donors (Lipinski definition) is 0. The Morgan fingerprint density at radius 3 is 2.29 bits per heavy atom. The second kappa shape index (κ2) is 3.79. The van der Waals surface area contributed by atoms with E-state index in [2.05, 4.69) is 0 Å². The summed E-state index contributed by atoms with van der Waals surface area (Å²) in [6, 6.07) is 0. The van der Waals surface area contributed by atoms with Gasteiger partial charge in [0.25, 0.3) is 10.1 Å². The lowest BCUT2D eigenvalue weighted by molar-refractivity contribution is 0.245. The van der Waals surface area contributed by atoms with Crippen LogP contribution in [0.15, 0.2) is 0 Å². The molecule has 0 aromatic heterocycles. The van der Waals surface area contributed by atoms with Crippen molar-refractivity contribution in [3.8, 4) is 0 Å². The topological polar surface area (TPSA) is 77.5 Å². The van der Waals surface area contributed by atoms with Gasteiger partial charge in [-0.3, -0.25) is 4.18 Å². The average molecular weight is 242 g/mol. The van der Waals surface area contributed by atoms with Gasteiger partial charge in [-0.25, -0.2) is 8.42 Å². The summed E-state index contributed by atoms with van der Waals surface area (Å²) in [4.78, 5) is 0. The molecule has 7 heteroatoms. The molecular formula is C7H14O5S2. The third kappa shape index (κ3) is 2.93. The van der Waals surface area contributed by atoms with Crippen LogP contribution in [-0.2, 0) is 24.1 Å². The largest absolute Gasteiger partial charge is 0.271 e. The molecule has 84 valence electrons. The highest BCUT2D eigenvalue weighted by Crippen LogP contribution is 2.21. The molecule has 1 atom stereocenters. The molecule has 0 N–H and O–H groups in total. The van der Waals surface area contributed by atoms with E-state index >= 15 is 0 Å². The lowest BCUT2D eigenvalue weighted by atomic mass is 10.4. The van der Waals surface area contributed by atoms with Crippen LogP contribution in [0.2, 0.25) is 0 Å². The second-order valence-corrected chi connectivity index (χ2v) is 7.74. The summed E-state index contributed by atoms with van der Waals surface area (Å²) in [6.45, 7) is 3.20. The van der Waals surface area contributed by atoms with Gasteiger partial charge in [-0.1, -0.05) is 0 Å². The van der Waals surface area contributed by atoms with Crippen LogP contribution < -0.4 is 0 Å². The van der Waals surface area contributed by atoms with Crippen molar-refractivity contribution in [3.05, 3.63) is 0 Å². The van der Waals surface area contributed by atoms with Crippen LogP contribution in [0.25, 0.3) is 0 Å². The van der Waals surface area contributed by atoms with Crippen molar-refractivity contribution in [2.45, 2.75) is 31.6 Å². The first-order valence-electron chi connectivity index (χ1n) is 4.35. The molecule has 1 fully saturated rings. The van der Waals surface area contributed by atoms with Crippen molar-refractivity contribution in [2.75, 3.05) is 11.5 Å². The highest BCUT2D eigenvalue weighted by Gasteiger charge is 2.38. The Morgan fingerprint density at radius 1 is 1.36 bits per heavy atom. The first kappa shape index (κ1) is 11.9. The van der Waals surface area contributed by atoms with Crippen molar-refractivity contribution < 1.29 is 21.0 Å². The van der Waals surface area contributed by atoms with E-state index in [1.54, 1.807) is 13.8 Å². The molecule has 1 aliphatic heterocycles. The predicted octanol–water partition coefficient (Wildman–Crippen LogP) is -0.0717. The first-order valence-corrected chi connectivity index (χ1v) is 7.65. The van der Waals surface area contributed by atoms with Crippen LogP contribution in [0.5, 0.6) is 0 Å². The standard InChI is InChI=1S/C7H14O5S2/c1-6(2)12-14(10,11)7-3-4-13(8,9)5-7/h6-7H,3-5H2,1-2H3/t7-/m1/s1. The average Bonchev–Trinajstić information content (AvgIpc) is 2.27. The van der Waals surface area contributed by atoms with E-state index in [0.29, 0.717) is 0 Å². The Hall–Kier alpha value is -0.140. The van der Waals surface area contributed by atoms with E-state index in [1.165, 1.54) is 0 Å². The lowest BCUT2D eigenvalue weighted by Gasteiger charge is -2.12. The smallest absolute Gasteiger partial charge is 0.267 e. The molecule has 0 saturated carbocycles. The summed E-state index contributed by atoms with van der Waals surface area (Å²) in [7, 11) is -6.88. The monoisotopic (exact) mass is 242 g/mol. The van der Waals surface area contributed by atoms with Crippen LogP contribution in [0.3, 0.4) is 0 Å². The van der Waals surface area contributed by atoms with Crippen LogP contribution in [0.1, 0.15) is 20.3 Å². The molecule has 0 amide bonds. The molecule has 0 unspecified atom stereocenters. The molecule has 1 heterocycles. The van der Waals surface area contributed by atoms with E-state index in [-0.39, 0.29) is 17.9 Å². The molecule has 0 aromatic rings. The SMILES string of the molecule is CC(C)OS(=O)(=O)[C@@H]1CCS(=O)(=O)C1. The van der Waals surface area contributed by atoms with Gasteiger partial charge in [-0.2, -0.15) is 8.42 Å². The molecule has 0 radical (unpaired) electrons. The van der Waals surface area contributed by atoms with Gasteiger partial charge in [0.1, 0.15) is 5.25 Å². The molecule has 0 aromatic carbocycles. The van der Waals surface area contributed by atoms with Gasteiger partial charge in [0.05, 0.1) is 17.6 Å². The third-order valence-electron chi connectivity index (χ3n) is 1.93. The number of sulfone groups is 1. The fourth-order valence-electron chi connectivity index (χ4n) is 1.34. The van der Waals surface area contributed by atoms with Crippen LogP contribution in [-0.4, -0.2) is 39.7 Å². The maximum atomic E-state index is 11.4. The Labute approximate surface area is 84.5 Å². The van der Waals surface area contributed by atoms with Gasteiger partial charge in [0.15, 0.2) is 9.84 Å². The van der Waals surface area contributed by atoms with Crippen molar-refractivity contribution in [2.24, 2.45) is 0 Å². The zero-order valence-corrected chi connectivity index (χ0v) is 9.77. The third-order valence-corrected chi connectivity index (χ3v) is 5.78. The van der Waals surface area contributed by atoms with E-state index in [4.69, 9.17) is 4.18 Å².